The van der Waals surface area contributed by atoms with Crippen molar-refractivity contribution < 1.29 is 29.0 Å². The molecule has 1 aliphatic rings. The van der Waals surface area contributed by atoms with Crippen molar-refractivity contribution in [3.05, 3.63) is 120 Å². The highest BCUT2D eigenvalue weighted by Crippen LogP contribution is 2.36. The third-order valence-corrected chi connectivity index (χ3v) is 6.70. The van der Waals surface area contributed by atoms with Crippen LogP contribution in [0.15, 0.2) is 102 Å². The van der Waals surface area contributed by atoms with Crippen molar-refractivity contribution >= 4 is 11.9 Å². The number of ether oxygens (including phenoxy) is 1. The van der Waals surface area contributed by atoms with Crippen LogP contribution in [-0.2, 0) is 22.4 Å². The molecule has 1 aliphatic heterocycles. The van der Waals surface area contributed by atoms with E-state index in [2.05, 4.69) is 9.97 Å². The van der Waals surface area contributed by atoms with Gasteiger partial charge in [-0.05, 0) is 30.2 Å². The number of rotatable bonds is 7. The standard InChI is InChI=1S/C18H15NO3.C15H13NO3/c20-16(21)12-11-15-19-17(13-7-3-1-4-8-13)18(22-15)14-9-5-2-6-10-14;1-9(15(17)18)10-4-5-13-12(7-10)8-11-3-2-6-16-14(11)19-13/h1-10H,11-12H2,(H,20,21);2-7,9H,8H2,1H3,(H,17,18). The van der Waals surface area contributed by atoms with Gasteiger partial charge in [-0.25, -0.2) is 9.97 Å². The van der Waals surface area contributed by atoms with Gasteiger partial charge in [-0.15, -0.1) is 0 Å². The van der Waals surface area contributed by atoms with Crippen LogP contribution < -0.4 is 4.74 Å². The molecule has 8 nitrogen and oxygen atoms in total. The number of oxazole rings is 1. The zero-order valence-corrected chi connectivity index (χ0v) is 22.4. The van der Waals surface area contributed by atoms with E-state index < -0.39 is 17.9 Å². The number of carbonyl (C=O) groups is 2. The second kappa shape index (κ2) is 12.3. The molecule has 206 valence electrons. The lowest BCUT2D eigenvalue weighted by atomic mass is 9.95. The van der Waals surface area contributed by atoms with Crippen LogP contribution in [0.3, 0.4) is 0 Å². The van der Waals surface area contributed by atoms with Crippen molar-refractivity contribution in [3.8, 4) is 34.2 Å². The Morgan fingerprint density at radius 1 is 0.878 bits per heavy atom. The van der Waals surface area contributed by atoms with Crippen LogP contribution in [0.25, 0.3) is 22.6 Å². The van der Waals surface area contributed by atoms with Gasteiger partial charge >= 0.3 is 11.9 Å². The van der Waals surface area contributed by atoms with Crippen LogP contribution in [0.4, 0.5) is 0 Å². The van der Waals surface area contributed by atoms with Gasteiger partial charge in [-0.2, -0.15) is 0 Å². The minimum absolute atomic E-state index is 0.00295. The summed E-state index contributed by atoms with van der Waals surface area (Å²) in [6.45, 7) is 1.68. The molecule has 0 aliphatic carbocycles. The SMILES string of the molecule is CC(C(=O)O)c1ccc2c(c1)Cc1cccnc1O2.O=C(O)CCc1nc(-c2ccccc2)c(-c2ccccc2)o1. The van der Waals surface area contributed by atoms with E-state index >= 15 is 0 Å². The predicted octanol–water partition coefficient (Wildman–Crippen LogP) is 6.99. The van der Waals surface area contributed by atoms with Gasteiger partial charge in [-0.3, -0.25) is 9.59 Å². The lowest BCUT2D eigenvalue weighted by molar-refractivity contribution is -0.138. The Bertz CT molecular complexity index is 1610. The predicted molar refractivity (Wildman–Crippen MR) is 153 cm³/mol. The van der Waals surface area contributed by atoms with Crippen LogP contribution >= 0.6 is 0 Å². The molecule has 3 aromatic carbocycles. The molecule has 3 heterocycles. The average molecular weight is 549 g/mol. The number of aromatic nitrogens is 2. The Balaban J connectivity index is 0.000000166. The lowest BCUT2D eigenvalue weighted by Crippen LogP contribution is -2.10. The van der Waals surface area contributed by atoms with E-state index in [4.69, 9.17) is 19.4 Å². The minimum atomic E-state index is -0.860. The van der Waals surface area contributed by atoms with Gasteiger partial charge in [0.25, 0.3) is 0 Å². The molecule has 0 bridgehead atoms. The fraction of sp³-hybridized carbons (Fsp3) is 0.152. The van der Waals surface area contributed by atoms with Gasteiger partial charge in [0.2, 0.25) is 5.88 Å². The summed E-state index contributed by atoms with van der Waals surface area (Å²) in [4.78, 5) is 30.4. The maximum absolute atomic E-state index is 11.0. The molecule has 2 N–H and O–H groups in total. The summed E-state index contributed by atoms with van der Waals surface area (Å²) in [6, 6.07) is 28.8. The van der Waals surface area contributed by atoms with E-state index in [-0.39, 0.29) is 12.8 Å². The molecule has 41 heavy (non-hydrogen) atoms. The maximum atomic E-state index is 11.0. The first-order chi connectivity index (χ1) is 19.9. The van der Waals surface area contributed by atoms with Crippen molar-refractivity contribution in [1.29, 1.82) is 0 Å². The summed E-state index contributed by atoms with van der Waals surface area (Å²) in [6.07, 6.45) is 2.70. The summed E-state index contributed by atoms with van der Waals surface area (Å²) in [7, 11) is 0. The molecule has 0 fully saturated rings. The van der Waals surface area contributed by atoms with Gasteiger partial charge in [0.05, 0.1) is 12.3 Å². The van der Waals surface area contributed by atoms with Gasteiger partial charge in [0.15, 0.2) is 11.7 Å². The molecule has 0 amide bonds. The molecule has 2 aromatic heterocycles. The third kappa shape index (κ3) is 6.50. The van der Waals surface area contributed by atoms with Crippen LogP contribution in [0, 0.1) is 0 Å². The Hall–Kier alpha value is -5.24. The van der Waals surface area contributed by atoms with E-state index in [1.54, 1.807) is 19.2 Å². The topological polar surface area (TPSA) is 123 Å². The smallest absolute Gasteiger partial charge is 0.310 e. The molecule has 0 saturated carbocycles. The molecule has 1 atom stereocenters. The Labute approximate surface area is 236 Å². The number of fused-ring (bicyclic) bond motifs is 2. The number of hydrogen-bond acceptors (Lipinski definition) is 6. The largest absolute Gasteiger partial charge is 0.481 e. The Kier molecular flexibility index (Phi) is 8.20. The van der Waals surface area contributed by atoms with Crippen molar-refractivity contribution in [2.75, 3.05) is 0 Å². The van der Waals surface area contributed by atoms with Gasteiger partial charge in [-0.1, -0.05) is 78.9 Å². The van der Waals surface area contributed by atoms with Gasteiger partial charge < -0.3 is 19.4 Å². The highest BCUT2D eigenvalue weighted by Gasteiger charge is 2.21. The van der Waals surface area contributed by atoms with E-state index in [9.17, 15) is 9.59 Å². The lowest BCUT2D eigenvalue weighted by Gasteiger charge is -2.20. The molecule has 6 rings (SSSR count). The van der Waals surface area contributed by atoms with Gasteiger partial charge in [0.1, 0.15) is 11.4 Å². The summed E-state index contributed by atoms with van der Waals surface area (Å²) >= 11 is 0. The highest BCUT2D eigenvalue weighted by atomic mass is 16.5. The van der Waals surface area contributed by atoms with Crippen molar-refractivity contribution in [2.24, 2.45) is 0 Å². The van der Waals surface area contributed by atoms with Crippen LogP contribution in [-0.4, -0.2) is 32.1 Å². The number of carboxylic acid groups (broad SMARTS) is 2. The fourth-order valence-corrected chi connectivity index (χ4v) is 4.47. The number of carboxylic acids is 2. The molecule has 1 unspecified atom stereocenters. The van der Waals surface area contributed by atoms with Crippen molar-refractivity contribution in [1.82, 2.24) is 9.97 Å². The monoisotopic (exact) mass is 548 g/mol. The first-order valence-corrected chi connectivity index (χ1v) is 13.2. The molecule has 5 aromatic rings. The first-order valence-electron chi connectivity index (χ1n) is 13.2. The van der Waals surface area contributed by atoms with E-state index in [0.717, 1.165) is 45.7 Å². The number of hydrogen-bond donors (Lipinski definition) is 2. The third-order valence-electron chi connectivity index (χ3n) is 6.70. The highest BCUT2D eigenvalue weighted by molar-refractivity contribution is 5.77. The summed E-state index contributed by atoms with van der Waals surface area (Å²) in [5.41, 5.74) is 5.44. The molecule has 0 spiro atoms. The van der Waals surface area contributed by atoms with Crippen LogP contribution in [0.2, 0.25) is 0 Å². The maximum Gasteiger partial charge on any atom is 0.310 e. The minimum Gasteiger partial charge on any atom is -0.481 e. The Morgan fingerprint density at radius 3 is 2.27 bits per heavy atom. The second-order valence-electron chi connectivity index (χ2n) is 9.58. The van der Waals surface area contributed by atoms with Crippen LogP contribution in [0.1, 0.15) is 41.8 Å². The fourth-order valence-electron chi connectivity index (χ4n) is 4.47. The van der Waals surface area contributed by atoms with E-state index in [0.29, 0.717) is 17.5 Å². The first kappa shape index (κ1) is 27.3. The van der Waals surface area contributed by atoms with E-state index in [1.165, 1.54) is 0 Å². The summed E-state index contributed by atoms with van der Waals surface area (Å²) in [5.74, 6) is 0.314. The quantitative estimate of drug-likeness (QED) is 0.219. The number of pyridine rings is 1. The second-order valence-corrected chi connectivity index (χ2v) is 9.58. The zero-order chi connectivity index (χ0) is 28.8. The average Bonchev–Trinajstić information content (AvgIpc) is 3.44. The van der Waals surface area contributed by atoms with E-state index in [1.807, 2.05) is 84.9 Å². The Morgan fingerprint density at radius 2 is 1.59 bits per heavy atom. The number of benzene rings is 3. The van der Waals surface area contributed by atoms with Crippen molar-refractivity contribution in [3.63, 3.8) is 0 Å². The summed E-state index contributed by atoms with van der Waals surface area (Å²) < 4.78 is 11.5. The van der Waals surface area contributed by atoms with Crippen molar-refractivity contribution in [2.45, 2.75) is 32.1 Å². The molecular weight excluding hydrogens is 520 g/mol. The molecule has 0 saturated heterocycles. The van der Waals surface area contributed by atoms with Crippen LogP contribution in [0.5, 0.6) is 11.6 Å². The number of nitrogens with zero attached hydrogens (tertiary/aromatic N) is 2. The zero-order valence-electron chi connectivity index (χ0n) is 22.4. The summed E-state index contributed by atoms with van der Waals surface area (Å²) in [5, 5.41) is 17.9. The molecule has 8 heteroatoms. The molecule has 0 radical (unpaired) electrons. The molecular formula is C33H28N2O6. The van der Waals surface area contributed by atoms with Gasteiger partial charge in [0, 0.05) is 35.7 Å². The normalized spacial score (nSPS) is 12.1. The number of aryl methyl sites for hydroxylation is 1. The number of aliphatic carboxylic acids is 2.